The zero-order chi connectivity index (χ0) is 19.4. The van der Waals surface area contributed by atoms with Gasteiger partial charge in [0.05, 0.1) is 12.7 Å². The summed E-state index contributed by atoms with van der Waals surface area (Å²) in [5, 5.41) is 0. The molecule has 1 heterocycles. The van der Waals surface area contributed by atoms with Crippen LogP contribution in [0.15, 0.2) is 54.6 Å². The maximum atomic E-state index is 11.6. The zero-order valence-corrected chi connectivity index (χ0v) is 16.8. The van der Waals surface area contributed by atoms with Crippen molar-refractivity contribution in [1.29, 1.82) is 0 Å². The van der Waals surface area contributed by atoms with Gasteiger partial charge in [-0.2, -0.15) is 0 Å². The van der Waals surface area contributed by atoms with Crippen LogP contribution < -0.4 is 0 Å². The minimum Gasteiger partial charge on any atom is -0.465 e. The third kappa shape index (κ3) is 4.57. The van der Waals surface area contributed by atoms with E-state index < -0.39 is 0 Å². The van der Waals surface area contributed by atoms with E-state index in [0.717, 1.165) is 19.6 Å². The minimum atomic E-state index is -0.285. The molecule has 27 heavy (non-hydrogen) atoms. The van der Waals surface area contributed by atoms with Crippen LogP contribution in [0.4, 0.5) is 0 Å². The van der Waals surface area contributed by atoms with Gasteiger partial charge in [0.2, 0.25) is 0 Å². The van der Waals surface area contributed by atoms with Crippen molar-refractivity contribution in [3.63, 3.8) is 0 Å². The highest BCUT2D eigenvalue weighted by Crippen LogP contribution is 2.27. The highest BCUT2D eigenvalue weighted by atomic mass is 16.5. The number of piperazine rings is 1. The molecule has 3 atom stereocenters. The maximum absolute atomic E-state index is 11.6. The maximum Gasteiger partial charge on any atom is 0.337 e. The van der Waals surface area contributed by atoms with Gasteiger partial charge in [0.15, 0.2) is 0 Å². The molecule has 1 aliphatic heterocycles. The SMILES string of the molecule is COC(=O)c1ccc(CN2[C@H](C)CN(C(C)c3ccccc3)C[C@@H]2C)cc1. The fourth-order valence-electron chi connectivity index (χ4n) is 4.04. The third-order valence-electron chi connectivity index (χ3n) is 5.70. The van der Waals surface area contributed by atoms with Crippen molar-refractivity contribution in [1.82, 2.24) is 9.80 Å². The molecule has 1 aliphatic rings. The van der Waals surface area contributed by atoms with Crippen molar-refractivity contribution in [2.24, 2.45) is 0 Å². The first-order valence-corrected chi connectivity index (χ1v) is 9.71. The van der Waals surface area contributed by atoms with Crippen LogP contribution in [0.2, 0.25) is 0 Å². The summed E-state index contributed by atoms with van der Waals surface area (Å²) in [6.07, 6.45) is 0. The van der Waals surface area contributed by atoms with E-state index in [-0.39, 0.29) is 5.97 Å². The van der Waals surface area contributed by atoms with Gasteiger partial charge in [-0.3, -0.25) is 9.80 Å². The van der Waals surface area contributed by atoms with Gasteiger partial charge in [-0.25, -0.2) is 4.79 Å². The Morgan fingerprint density at radius 2 is 1.63 bits per heavy atom. The van der Waals surface area contributed by atoms with Crippen molar-refractivity contribution in [2.75, 3.05) is 20.2 Å². The van der Waals surface area contributed by atoms with Gasteiger partial charge in [-0.05, 0) is 44.0 Å². The lowest BCUT2D eigenvalue weighted by atomic mass is 10.0. The molecule has 2 aromatic rings. The van der Waals surface area contributed by atoms with E-state index in [1.807, 2.05) is 24.3 Å². The van der Waals surface area contributed by atoms with Crippen LogP contribution in [-0.2, 0) is 11.3 Å². The first-order chi connectivity index (χ1) is 13.0. The summed E-state index contributed by atoms with van der Waals surface area (Å²) in [5.41, 5.74) is 3.21. The van der Waals surface area contributed by atoms with Gasteiger partial charge in [-0.1, -0.05) is 42.5 Å². The second-order valence-electron chi connectivity index (χ2n) is 7.60. The number of ether oxygens (including phenoxy) is 1. The van der Waals surface area contributed by atoms with E-state index in [4.69, 9.17) is 4.74 Å². The van der Waals surface area contributed by atoms with Crippen LogP contribution >= 0.6 is 0 Å². The Labute approximate surface area is 162 Å². The standard InChI is InChI=1S/C23H30N2O2/c1-17-14-24(19(3)21-8-6-5-7-9-21)15-18(2)25(17)16-20-10-12-22(13-11-20)23(26)27-4/h5-13,17-19H,14-16H2,1-4H3/t17-,18+,19?. The quantitative estimate of drug-likeness (QED) is 0.745. The Morgan fingerprint density at radius 1 is 1.04 bits per heavy atom. The highest BCUT2D eigenvalue weighted by molar-refractivity contribution is 5.89. The number of benzene rings is 2. The molecule has 0 aliphatic carbocycles. The van der Waals surface area contributed by atoms with E-state index in [0.29, 0.717) is 23.7 Å². The Balaban J connectivity index is 1.64. The second kappa shape index (κ2) is 8.68. The molecule has 0 N–H and O–H groups in total. The van der Waals surface area contributed by atoms with Crippen LogP contribution in [0.3, 0.4) is 0 Å². The van der Waals surface area contributed by atoms with Crippen molar-refractivity contribution >= 4 is 5.97 Å². The molecular weight excluding hydrogens is 336 g/mol. The van der Waals surface area contributed by atoms with Crippen LogP contribution in [0, 0.1) is 0 Å². The Morgan fingerprint density at radius 3 is 2.19 bits per heavy atom. The van der Waals surface area contributed by atoms with Crippen molar-refractivity contribution in [3.8, 4) is 0 Å². The molecule has 0 bridgehead atoms. The van der Waals surface area contributed by atoms with Crippen LogP contribution in [0.5, 0.6) is 0 Å². The largest absolute Gasteiger partial charge is 0.465 e. The molecule has 0 aromatic heterocycles. The second-order valence-corrected chi connectivity index (χ2v) is 7.60. The summed E-state index contributed by atoms with van der Waals surface area (Å²) >= 11 is 0. The van der Waals surface area contributed by atoms with Gasteiger partial charge in [0, 0.05) is 37.8 Å². The number of hydrogen-bond acceptors (Lipinski definition) is 4. The first-order valence-electron chi connectivity index (χ1n) is 9.71. The third-order valence-corrected chi connectivity index (χ3v) is 5.70. The molecule has 1 unspecified atom stereocenters. The molecule has 0 spiro atoms. The lowest BCUT2D eigenvalue weighted by Gasteiger charge is -2.46. The lowest BCUT2D eigenvalue weighted by molar-refractivity contribution is 0.0143. The molecule has 4 heteroatoms. The summed E-state index contributed by atoms with van der Waals surface area (Å²) in [7, 11) is 1.41. The fraction of sp³-hybridized carbons (Fsp3) is 0.435. The van der Waals surface area contributed by atoms with Gasteiger partial charge in [-0.15, -0.1) is 0 Å². The normalized spacial score (nSPS) is 22.4. The molecular formula is C23H30N2O2. The molecule has 2 aromatic carbocycles. The van der Waals surface area contributed by atoms with E-state index >= 15 is 0 Å². The number of carbonyl (C=O) groups is 1. The number of methoxy groups -OCH3 is 1. The summed E-state index contributed by atoms with van der Waals surface area (Å²) in [5.74, 6) is -0.285. The molecule has 4 nitrogen and oxygen atoms in total. The molecule has 0 radical (unpaired) electrons. The van der Waals surface area contributed by atoms with E-state index in [9.17, 15) is 4.79 Å². The number of hydrogen-bond donors (Lipinski definition) is 0. The monoisotopic (exact) mass is 366 g/mol. The minimum absolute atomic E-state index is 0.285. The van der Waals surface area contributed by atoms with Gasteiger partial charge in [0.1, 0.15) is 0 Å². The smallest absolute Gasteiger partial charge is 0.337 e. The van der Waals surface area contributed by atoms with Crippen molar-refractivity contribution < 1.29 is 9.53 Å². The molecule has 1 saturated heterocycles. The fourth-order valence-corrected chi connectivity index (χ4v) is 4.04. The molecule has 144 valence electrons. The van der Waals surface area contributed by atoms with Crippen molar-refractivity contribution in [2.45, 2.75) is 45.4 Å². The summed E-state index contributed by atoms with van der Waals surface area (Å²) in [4.78, 5) is 16.7. The van der Waals surface area contributed by atoms with Gasteiger partial charge < -0.3 is 4.74 Å². The zero-order valence-electron chi connectivity index (χ0n) is 16.8. The van der Waals surface area contributed by atoms with Crippen LogP contribution in [0.25, 0.3) is 0 Å². The van der Waals surface area contributed by atoms with Gasteiger partial charge >= 0.3 is 5.97 Å². The number of esters is 1. The van der Waals surface area contributed by atoms with E-state index in [1.54, 1.807) is 0 Å². The average Bonchev–Trinajstić information content (AvgIpc) is 2.70. The lowest BCUT2D eigenvalue weighted by Crippen LogP contribution is -2.56. The summed E-state index contributed by atoms with van der Waals surface area (Å²) < 4.78 is 4.78. The van der Waals surface area contributed by atoms with Crippen LogP contribution in [-0.4, -0.2) is 48.1 Å². The Kier molecular flexibility index (Phi) is 6.30. The number of nitrogens with zero attached hydrogens (tertiary/aromatic N) is 2. The molecule has 1 fully saturated rings. The number of carbonyl (C=O) groups excluding carboxylic acids is 1. The molecule has 0 saturated carbocycles. The topological polar surface area (TPSA) is 32.8 Å². The predicted octanol–water partition coefficient (Wildman–Crippen LogP) is 4.13. The average molecular weight is 367 g/mol. The van der Waals surface area contributed by atoms with Gasteiger partial charge in [0.25, 0.3) is 0 Å². The highest BCUT2D eigenvalue weighted by Gasteiger charge is 2.31. The molecule has 0 amide bonds. The number of rotatable bonds is 5. The van der Waals surface area contributed by atoms with E-state index in [1.165, 1.54) is 18.2 Å². The molecule has 3 rings (SSSR count). The Hall–Kier alpha value is -2.17. The Bertz CT molecular complexity index is 733. The summed E-state index contributed by atoms with van der Waals surface area (Å²) in [6.45, 7) is 9.93. The first kappa shape index (κ1) is 19.6. The predicted molar refractivity (Wildman–Crippen MR) is 109 cm³/mol. The van der Waals surface area contributed by atoms with Crippen molar-refractivity contribution in [3.05, 3.63) is 71.3 Å². The van der Waals surface area contributed by atoms with E-state index in [2.05, 4.69) is 60.9 Å². The summed E-state index contributed by atoms with van der Waals surface area (Å²) in [6, 6.07) is 19.9. The van der Waals surface area contributed by atoms with Crippen LogP contribution in [0.1, 0.15) is 48.3 Å².